The van der Waals surface area contributed by atoms with Crippen molar-refractivity contribution in [2.24, 2.45) is 0 Å². The maximum atomic E-state index is 11.9. The van der Waals surface area contributed by atoms with Gasteiger partial charge >= 0.3 is 0 Å². The summed E-state index contributed by atoms with van der Waals surface area (Å²) in [5.74, 6) is -0.288. The minimum Gasteiger partial charge on any atom is -0.375 e. The molecule has 0 atom stereocenters. The van der Waals surface area contributed by atoms with E-state index < -0.39 is 9.84 Å². The lowest BCUT2D eigenvalue weighted by atomic mass is 10.2. The van der Waals surface area contributed by atoms with Gasteiger partial charge < -0.3 is 10.6 Å². The Balaban J connectivity index is 1.99. The smallest absolute Gasteiger partial charge is 0.239 e. The quantitative estimate of drug-likeness (QED) is 0.799. The van der Waals surface area contributed by atoms with Gasteiger partial charge in [-0.15, -0.1) is 0 Å². The van der Waals surface area contributed by atoms with Crippen molar-refractivity contribution in [3.8, 4) is 0 Å². The number of benzene rings is 2. The number of hydrogen-bond acceptors (Lipinski definition) is 4. The van der Waals surface area contributed by atoms with Crippen molar-refractivity contribution in [3.63, 3.8) is 0 Å². The van der Waals surface area contributed by atoms with Crippen LogP contribution in [0.4, 0.5) is 5.69 Å². The van der Waals surface area contributed by atoms with Crippen molar-refractivity contribution >= 4 is 44.6 Å². The summed E-state index contributed by atoms with van der Waals surface area (Å²) in [5.41, 5.74) is 1.13. The first-order chi connectivity index (χ1) is 11.3. The van der Waals surface area contributed by atoms with Gasteiger partial charge in [0.05, 0.1) is 17.1 Å². The van der Waals surface area contributed by atoms with Gasteiger partial charge in [-0.3, -0.25) is 4.79 Å². The van der Waals surface area contributed by atoms with Gasteiger partial charge in [-0.2, -0.15) is 0 Å². The zero-order valence-electron chi connectivity index (χ0n) is 12.8. The molecule has 0 bridgehead atoms. The number of sulfone groups is 1. The van der Waals surface area contributed by atoms with Gasteiger partial charge in [0.2, 0.25) is 5.91 Å². The number of halogens is 2. The summed E-state index contributed by atoms with van der Waals surface area (Å²) in [4.78, 5) is 12.0. The molecular formula is C16H16Cl2N2O3S. The molecule has 0 aromatic heterocycles. The first kappa shape index (κ1) is 18.6. The van der Waals surface area contributed by atoms with E-state index in [1.165, 1.54) is 12.1 Å². The van der Waals surface area contributed by atoms with Gasteiger partial charge in [-0.1, -0.05) is 41.4 Å². The molecule has 8 heteroatoms. The second-order valence-corrected chi connectivity index (χ2v) is 7.96. The molecule has 128 valence electrons. The van der Waals surface area contributed by atoms with Crippen LogP contribution in [-0.2, 0) is 21.2 Å². The number of carbonyl (C=O) groups is 1. The molecule has 2 N–H and O–H groups in total. The summed E-state index contributed by atoms with van der Waals surface area (Å²) in [6.07, 6.45) is 1.08. The van der Waals surface area contributed by atoms with Crippen LogP contribution in [0.3, 0.4) is 0 Å². The summed E-state index contributed by atoms with van der Waals surface area (Å²) in [6.45, 7) is 0.217. The van der Waals surface area contributed by atoms with Crippen LogP contribution in [0.15, 0.2) is 47.4 Å². The Morgan fingerprint density at radius 1 is 1.12 bits per heavy atom. The molecule has 0 saturated heterocycles. The van der Waals surface area contributed by atoms with Gasteiger partial charge in [0.25, 0.3) is 0 Å². The van der Waals surface area contributed by atoms with Crippen LogP contribution in [0, 0.1) is 0 Å². The van der Waals surface area contributed by atoms with Gasteiger partial charge in [0.1, 0.15) is 0 Å². The van der Waals surface area contributed by atoms with E-state index in [4.69, 9.17) is 23.2 Å². The van der Waals surface area contributed by atoms with Gasteiger partial charge in [-0.25, -0.2) is 8.42 Å². The summed E-state index contributed by atoms with van der Waals surface area (Å²) in [6, 6.07) is 11.6. The molecule has 5 nitrogen and oxygen atoms in total. The Hall–Kier alpha value is -1.76. The van der Waals surface area contributed by atoms with Crippen LogP contribution in [0.1, 0.15) is 5.56 Å². The molecule has 0 radical (unpaired) electrons. The van der Waals surface area contributed by atoms with Crippen LogP contribution in [0.2, 0.25) is 10.0 Å². The second kappa shape index (κ2) is 7.88. The van der Waals surface area contributed by atoms with Gasteiger partial charge in [0.15, 0.2) is 9.84 Å². The molecule has 24 heavy (non-hydrogen) atoms. The number of hydrogen-bond donors (Lipinski definition) is 2. The highest BCUT2D eigenvalue weighted by Gasteiger charge is 2.14. The average molecular weight is 387 g/mol. The van der Waals surface area contributed by atoms with E-state index in [0.717, 1.165) is 11.8 Å². The van der Waals surface area contributed by atoms with E-state index in [2.05, 4.69) is 10.6 Å². The maximum absolute atomic E-state index is 11.9. The zero-order valence-corrected chi connectivity index (χ0v) is 15.2. The number of carbonyl (C=O) groups excluding carboxylic acids is 1. The van der Waals surface area contributed by atoms with Gasteiger partial charge in [-0.05, 0) is 29.8 Å². The van der Waals surface area contributed by atoms with Crippen molar-refractivity contribution in [3.05, 3.63) is 58.1 Å². The molecule has 2 aromatic carbocycles. The molecule has 0 aliphatic carbocycles. The predicted molar refractivity (Wildman–Crippen MR) is 96.4 cm³/mol. The fraction of sp³-hybridized carbons (Fsp3) is 0.188. The summed E-state index contributed by atoms with van der Waals surface area (Å²) in [5, 5.41) is 6.41. The van der Waals surface area contributed by atoms with Crippen molar-refractivity contribution in [1.82, 2.24) is 5.32 Å². The van der Waals surface area contributed by atoms with Gasteiger partial charge in [0, 0.05) is 22.8 Å². The van der Waals surface area contributed by atoms with Crippen molar-refractivity contribution in [2.75, 3.05) is 18.1 Å². The number of rotatable bonds is 6. The fourth-order valence-electron chi connectivity index (χ4n) is 2.02. The highest BCUT2D eigenvalue weighted by Crippen LogP contribution is 2.25. The van der Waals surface area contributed by atoms with Crippen LogP contribution in [-0.4, -0.2) is 27.1 Å². The largest absolute Gasteiger partial charge is 0.375 e. The van der Waals surface area contributed by atoms with Crippen molar-refractivity contribution < 1.29 is 13.2 Å². The highest BCUT2D eigenvalue weighted by molar-refractivity contribution is 7.90. The Kier molecular flexibility index (Phi) is 6.10. The van der Waals surface area contributed by atoms with E-state index >= 15 is 0 Å². The molecule has 1 amide bonds. The third kappa shape index (κ3) is 5.12. The average Bonchev–Trinajstić information content (AvgIpc) is 2.52. The first-order valence-corrected chi connectivity index (χ1v) is 9.65. The third-order valence-corrected chi connectivity index (χ3v) is 4.96. The molecule has 0 unspecified atom stereocenters. The maximum Gasteiger partial charge on any atom is 0.239 e. The second-order valence-electron chi connectivity index (χ2n) is 5.13. The number of amides is 1. The van der Waals surface area contributed by atoms with E-state index in [1.54, 1.807) is 12.1 Å². The highest BCUT2D eigenvalue weighted by atomic mass is 35.5. The fourth-order valence-corrected chi connectivity index (χ4v) is 3.34. The molecule has 2 aromatic rings. The molecule has 0 saturated carbocycles. The van der Waals surface area contributed by atoms with E-state index in [-0.39, 0.29) is 17.3 Å². The monoisotopic (exact) mass is 386 g/mol. The van der Waals surface area contributed by atoms with Crippen LogP contribution in [0.25, 0.3) is 0 Å². The Morgan fingerprint density at radius 2 is 1.83 bits per heavy atom. The van der Waals surface area contributed by atoms with Crippen LogP contribution < -0.4 is 10.6 Å². The van der Waals surface area contributed by atoms with Crippen molar-refractivity contribution in [1.29, 1.82) is 0 Å². The summed E-state index contributed by atoms with van der Waals surface area (Å²) >= 11 is 11.9. The molecular weight excluding hydrogens is 371 g/mol. The SMILES string of the molecule is CS(=O)(=O)c1cc(Cl)ccc1NCC(=O)NCc1ccccc1Cl. The molecule has 0 spiro atoms. The first-order valence-electron chi connectivity index (χ1n) is 7.01. The molecule has 0 aliphatic rings. The topological polar surface area (TPSA) is 75.3 Å². The Bertz CT molecular complexity index is 854. The third-order valence-electron chi connectivity index (χ3n) is 3.22. The Labute approximate surface area is 150 Å². The summed E-state index contributed by atoms with van der Waals surface area (Å²) < 4.78 is 23.6. The predicted octanol–water partition coefficient (Wildman–Crippen LogP) is 3.13. The van der Waals surface area contributed by atoms with E-state index in [0.29, 0.717) is 22.3 Å². The normalized spacial score (nSPS) is 11.1. The molecule has 0 heterocycles. The van der Waals surface area contributed by atoms with Crippen LogP contribution >= 0.6 is 23.2 Å². The summed E-state index contributed by atoms with van der Waals surface area (Å²) in [7, 11) is -3.46. The minimum atomic E-state index is -3.46. The standard InChI is InChI=1S/C16H16Cl2N2O3S/c1-24(22,23)15-8-12(17)6-7-14(15)19-10-16(21)20-9-11-4-2-3-5-13(11)18/h2-8,19H,9-10H2,1H3,(H,20,21). The lowest BCUT2D eigenvalue weighted by Crippen LogP contribution is -2.29. The van der Waals surface area contributed by atoms with E-state index in [1.807, 2.05) is 18.2 Å². The van der Waals surface area contributed by atoms with Crippen molar-refractivity contribution in [2.45, 2.75) is 11.4 Å². The number of anilines is 1. The molecule has 0 aliphatic heterocycles. The Morgan fingerprint density at radius 3 is 2.50 bits per heavy atom. The minimum absolute atomic E-state index is 0.0499. The molecule has 0 fully saturated rings. The molecule has 2 rings (SSSR count). The zero-order chi connectivity index (χ0) is 17.7. The van der Waals surface area contributed by atoms with E-state index in [9.17, 15) is 13.2 Å². The lowest BCUT2D eigenvalue weighted by Gasteiger charge is -2.12. The van der Waals surface area contributed by atoms with Crippen LogP contribution in [0.5, 0.6) is 0 Å². The number of nitrogens with one attached hydrogen (secondary N) is 2. The lowest BCUT2D eigenvalue weighted by molar-refractivity contribution is -0.119.